The van der Waals surface area contributed by atoms with Crippen LogP contribution >= 0.6 is 0 Å². The van der Waals surface area contributed by atoms with E-state index in [1.807, 2.05) is 24.3 Å². The lowest BCUT2D eigenvalue weighted by molar-refractivity contribution is -0.198. The summed E-state index contributed by atoms with van der Waals surface area (Å²) >= 11 is 0. The highest BCUT2D eigenvalue weighted by Crippen LogP contribution is 2.36. The molecule has 2 saturated heterocycles. The molecule has 0 aromatic heterocycles. The Morgan fingerprint density at radius 1 is 1.00 bits per heavy atom. The molecule has 3 aliphatic heterocycles. The largest absolute Gasteiger partial charge is 0.497 e. The third kappa shape index (κ3) is 3.73. The first-order valence-electron chi connectivity index (χ1n) is 10.7. The molecule has 2 aromatic carbocycles. The van der Waals surface area contributed by atoms with Gasteiger partial charge in [-0.1, -0.05) is 24.3 Å². The standard InChI is InChI=1S/C24H26N2O5/c1-29-19-8-6-17(7-9-19)15-25-11-10-24(30-12-13-31-24)14-18(25)16-26-22(27)20-4-2-3-5-21(20)23(26)28/h2-9,18H,10-16H2,1H3. The van der Waals surface area contributed by atoms with E-state index in [0.717, 1.165) is 24.3 Å². The lowest BCUT2D eigenvalue weighted by Crippen LogP contribution is -2.55. The van der Waals surface area contributed by atoms with E-state index in [1.165, 1.54) is 4.90 Å². The number of likely N-dealkylation sites (tertiary alicyclic amines) is 1. The van der Waals surface area contributed by atoms with Crippen molar-refractivity contribution in [2.45, 2.75) is 31.2 Å². The Hall–Kier alpha value is -2.74. The van der Waals surface area contributed by atoms with E-state index in [2.05, 4.69) is 4.90 Å². The number of amides is 2. The highest BCUT2D eigenvalue weighted by Gasteiger charge is 2.46. The molecule has 1 spiro atoms. The van der Waals surface area contributed by atoms with Crippen molar-refractivity contribution < 1.29 is 23.8 Å². The minimum atomic E-state index is -0.611. The maximum Gasteiger partial charge on any atom is 0.261 e. The van der Waals surface area contributed by atoms with Gasteiger partial charge >= 0.3 is 0 Å². The zero-order valence-electron chi connectivity index (χ0n) is 17.6. The van der Waals surface area contributed by atoms with Gasteiger partial charge in [-0.15, -0.1) is 0 Å². The van der Waals surface area contributed by atoms with Gasteiger partial charge < -0.3 is 14.2 Å². The highest BCUT2D eigenvalue weighted by atomic mass is 16.7. The molecule has 0 saturated carbocycles. The molecular formula is C24H26N2O5. The van der Waals surface area contributed by atoms with Crippen molar-refractivity contribution in [1.29, 1.82) is 0 Å². The summed E-state index contributed by atoms with van der Waals surface area (Å²) in [4.78, 5) is 29.6. The van der Waals surface area contributed by atoms with Crippen molar-refractivity contribution in [1.82, 2.24) is 9.80 Å². The summed E-state index contributed by atoms with van der Waals surface area (Å²) in [6.45, 7) is 2.96. The molecule has 5 rings (SSSR count). The van der Waals surface area contributed by atoms with Crippen molar-refractivity contribution in [3.05, 3.63) is 65.2 Å². The molecule has 2 fully saturated rings. The smallest absolute Gasteiger partial charge is 0.261 e. The van der Waals surface area contributed by atoms with Crippen LogP contribution in [0.1, 0.15) is 39.1 Å². The SMILES string of the molecule is COc1ccc(CN2CCC3(CC2CN2C(=O)c4ccccc4C2=O)OCCO3)cc1. The summed E-state index contributed by atoms with van der Waals surface area (Å²) in [5, 5.41) is 0. The second-order valence-corrected chi connectivity index (χ2v) is 8.30. The van der Waals surface area contributed by atoms with Crippen LogP contribution in [-0.2, 0) is 16.0 Å². The molecule has 3 aliphatic rings. The minimum absolute atomic E-state index is 0.0591. The van der Waals surface area contributed by atoms with Gasteiger partial charge in [-0.3, -0.25) is 19.4 Å². The molecule has 162 valence electrons. The Labute approximate surface area is 181 Å². The van der Waals surface area contributed by atoms with Gasteiger partial charge in [-0.05, 0) is 29.8 Å². The average molecular weight is 422 g/mol. The van der Waals surface area contributed by atoms with Crippen LogP contribution in [0, 0.1) is 0 Å². The molecule has 3 heterocycles. The second-order valence-electron chi connectivity index (χ2n) is 8.30. The summed E-state index contributed by atoms with van der Waals surface area (Å²) in [7, 11) is 1.65. The Morgan fingerprint density at radius 3 is 2.26 bits per heavy atom. The number of methoxy groups -OCH3 is 1. The van der Waals surface area contributed by atoms with Gasteiger partial charge in [0.2, 0.25) is 0 Å². The molecule has 0 bridgehead atoms. The number of ether oxygens (including phenoxy) is 3. The lowest BCUT2D eigenvalue weighted by Gasteiger charge is -2.44. The Kier molecular flexibility index (Phi) is 5.25. The van der Waals surface area contributed by atoms with Crippen LogP contribution in [0.4, 0.5) is 0 Å². The van der Waals surface area contributed by atoms with Crippen molar-refractivity contribution in [3.63, 3.8) is 0 Å². The lowest BCUT2D eigenvalue weighted by atomic mass is 9.94. The molecule has 7 nitrogen and oxygen atoms in total. The number of rotatable bonds is 5. The van der Waals surface area contributed by atoms with Crippen LogP contribution < -0.4 is 4.74 Å². The van der Waals surface area contributed by atoms with Crippen LogP contribution in [0.25, 0.3) is 0 Å². The number of imide groups is 1. The number of piperidine rings is 1. The highest BCUT2D eigenvalue weighted by molar-refractivity contribution is 6.21. The van der Waals surface area contributed by atoms with Crippen LogP contribution in [0.2, 0.25) is 0 Å². The zero-order valence-corrected chi connectivity index (χ0v) is 17.6. The van der Waals surface area contributed by atoms with Gasteiger partial charge in [0.05, 0.1) is 31.5 Å². The third-order valence-corrected chi connectivity index (χ3v) is 6.47. The van der Waals surface area contributed by atoms with Gasteiger partial charge in [0.1, 0.15) is 5.75 Å². The topological polar surface area (TPSA) is 68.3 Å². The maximum atomic E-state index is 12.9. The van der Waals surface area contributed by atoms with Crippen LogP contribution in [0.15, 0.2) is 48.5 Å². The minimum Gasteiger partial charge on any atom is -0.497 e. The van der Waals surface area contributed by atoms with E-state index in [9.17, 15) is 9.59 Å². The molecule has 0 aliphatic carbocycles. The second kappa shape index (κ2) is 8.07. The van der Waals surface area contributed by atoms with Crippen molar-refractivity contribution in [2.75, 3.05) is 33.4 Å². The zero-order chi connectivity index (χ0) is 21.4. The Morgan fingerprint density at radius 2 is 1.65 bits per heavy atom. The third-order valence-electron chi connectivity index (χ3n) is 6.47. The van der Waals surface area contributed by atoms with E-state index in [-0.39, 0.29) is 17.9 Å². The molecule has 0 radical (unpaired) electrons. The predicted octanol–water partition coefficient (Wildman–Crippen LogP) is 2.70. The van der Waals surface area contributed by atoms with Gasteiger partial charge in [0.25, 0.3) is 11.8 Å². The van der Waals surface area contributed by atoms with Gasteiger partial charge in [0.15, 0.2) is 5.79 Å². The van der Waals surface area contributed by atoms with E-state index >= 15 is 0 Å². The molecule has 2 aromatic rings. The van der Waals surface area contributed by atoms with Gasteiger partial charge in [-0.2, -0.15) is 0 Å². The summed E-state index contributed by atoms with van der Waals surface area (Å²) < 4.78 is 17.2. The van der Waals surface area contributed by atoms with Crippen molar-refractivity contribution in [3.8, 4) is 5.75 Å². The first kappa shape index (κ1) is 20.2. The quantitative estimate of drug-likeness (QED) is 0.691. The number of benzene rings is 2. The first-order valence-corrected chi connectivity index (χ1v) is 10.7. The first-order chi connectivity index (χ1) is 15.1. The number of fused-ring (bicyclic) bond motifs is 1. The summed E-state index contributed by atoms with van der Waals surface area (Å²) in [6, 6.07) is 14.9. The van der Waals surface area contributed by atoms with Gasteiger partial charge in [-0.25, -0.2) is 0 Å². The van der Waals surface area contributed by atoms with Crippen LogP contribution in [0.5, 0.6) is 5.75 Å². The Bertz CT molecular complexity index is 949. The summed E-state index contributed by atoms with van der Waals surface area (Å²) in [5.41, 5.74) is 2.11. The number of nitrogens with zero attached hydrogens (tertiary/aromatic N) is 2. The van der Waals surface area contributed by atoms with Crippen LogP contribution in [-0.4, -0.2) is 66.9 Å². The number of hydrogen-bond donors (Lipinski definition) is 0. The number of carbonyl (C=O) groups excluding carboxylic acids is 2. The van der Waals surface area contributed by atoms with E-state index < -0.39 is 5.79 Å². The van der Waals surface area contributed by atoms with E-state index in [0.29, 0.717) is 43.9 Å². The fourth-order valence-corrected chi connectivity index (χ4v) is 4.82. The molecular weight excluding hydrogens is 396 g/mol. The molecule has 2 amide bonds. The molecule has 7 heteroatoms. The van der Waals surface area contributed by atoms with Crippen molar-refractivity contribution >= 4 is 11.8 Å². The molecule has 1 atom stereocenters. The normalized spacial score (nSPS) is 22.9. The fourth-order valence-electron chi connectivity index (χ4n) is 4.82. The van der Waals surface area contributed by atoms with E-state index in [1.54, 1.807) is 31.4 Å². The number of carbonyl (C=O) groups is 2. The average Bonchev–Trinajstić information content (AvgIpc) is 3.35. The van der Waals surface area contributed by atoms with Crippen molar-refractivity contribution in [2.24, 2.45) is 0 Å². The monoisotopic (exact) mass is 422 g/mol. The maximum absolute atomic E-state index is 12.9. The molecule has 0 N–H and O–H groups in total. The molecule has 1 unspecified atom stereocenters. The summed E-state index contributed by atoms with van der Waals surface area (Å²) in [6.07, 6.45) is 1.39. The number of hydrogen-bond acceptors (Lipinski definition) is 6. The van der Waals surface area contributed by atoms with Crippen LogP contribution in [0.3, 0.4) is 0 Å². The van der Waals surface area contributed by atoms with Gasteiger partial charge in [0, 0.05) is 38.5 Å². The molecule has 31 heavy (non-hydrogen) atoms. The van der Waals surface area contributed by atoms with E-state index in [4.69, 9.17) is 14.2 Å². The predicted molar refractivity (Wildman–Crippen MR) is 113 cm³/mol. The summed E-state index contributed by atoms with van der Waals surface area (Å²) in [5.74, 6) is -0.243. The Balaban J connectivity index is 1.37. The fraction of sp³-hybridized carbons (Fsp3) is 0.417.